The molecule has 3 aromatic rings. The van der Waals surface area contributed by atoms with Gasteiger partial charge in [0.25, 0.3) is 11.8 Å². The van der Waals surface area contributed by atoms with Gasteiger partial charge in [0, 0.05) is 35.0 Å². The third-order valence-corrected chi connectivity index (χ3v) is 6.97. The first kappa shape index (κ1) is 22.9. The number of benzene rings is 3. The van der Waals surface area contributed by atoms with Crippen molar-refractivity contribution in [3.8, 4) is 5.75 Å². The summed E-state index contributed by atoms with van der Waals surface area (Å²) < 4.78 is 63.1. The molecule has 33 heavy (non-hydrogen) atoms. The first-order chi connectivity index (χ1) is 15.5. The number of hydrogen-bond donors (Lipinski definition) is 2. The molecule has 2 N–H and O–H groups in total. The van der Waals surface area contributed by atoms with E-state index >= 15 is 0 Å². The van der Waals surface area contributed by atoms with Crippen molar-refractivity contribution in [3.63, 3.8) is 0 Å². The molecule has 0 saturated carbocycles. The number of aryl methyl sites for hydroxylation is 1. The fourth-order valence-electron chi connectivity index (χ4n) is 3.60. The van der Waals surface area contributed by atoms with E-state index < -0.39 is 32.2 Å². The molecule has 4 rings (SSSR count). The van der Waals surface area contributed by atoms with Crippen LogP contribution in [-0.4, -0.2) is 51.2 Å². The molecular weight excluding hydrogens is 472 g/mol. The summed E-state index contributed by atoms with van der Waals surface area (Å²) in [5, 5.41) is 0.342. The van der Waals surface area contributed by atoms with Crippen molar-refractivity contribution >= 4 is 43.0 Å². The minimum Gasteiger partial charge on any atom is -0.361 e. The molecule has 12 heteroatoms. The van der Waals surface area contributed by atoms with Crippen LogP contribution < -0.4 is 8.91 Å². The molecule has 1 heterocycles. The standard InChI is InChI=1S/C21H18N2O8S2/c1-13-5-7-14(8-6-13)32(26,27)22-11-12-23-20(24)16-4-2-3-15-18(31-33(28,29)30)10-9-17(19(15)16)21(23)25/h2-10,22H,11-12H2,1H3,(H,28,29,30). The highest BCUT2D eigenvalue weighted by atomic mass is 32.3. The number of amides is 2. The second-order valence-corrected chi connectivity index (χ2v) is 10.1. The van der Waals surface area contributed by atoms with Gasteiger partial charge in [-0.25, -0.2) is 13.1 Å². The highest BCUT2D eigenvalue weighted by Gasteiger charge is 2.33. The zero-order valence-electron chi connectivity index (χ0n) is 17.2. The highest BCUT2D eigenvalue weighted by molar-refractivity contribution is 7.89. The van der Waals surface area contributed by atoms with Gasteiger partial charge in [0.1, 0.15) is 0 Å². The number of carbonyl (C=O) groups excluding carboxylic acids is 2. The van der Waals surface area contributed by atoms with E-state index in [0.29, 0.717) is 0 Å². The molecule has 0 aliphatic carbocycles. The van der Waals surface area contributed by atoms with Crippen molar-refractivity contribution in [2.24, 2.45) is 0 Å². The summed E-state index contributed by atoms with van der Waals surface area (Å²) >= 11 is 0. The number of rotatable bonds is 7. The van der Waals surface area contributed by atoms with Crippen molar-refractivity contribution in [3.05, 3.63) is 71.3 Å². The van der Waals surface area contributed by atoms with Gasteiger partial charge in [0.05, 0.1) is 4.90 Å². The third kappa shape index (κ3) is 4.46. The molecule has 0 unspecified atom stereocenters. The van der Waals surface area contributed by atoms with Gasteiger partial charge in [-0.05, 0) is 37.3 Å². The number of nitrogens with one attached hydrogen (secondary N) is 1. The lowest BCUT2D eigenvalue weighted by atomic mass is 9.93. The highest BCUT2D eigenvalue weighted by Crippen LogP contribution is 2.35. The van der Waals surface area contributed by atoms with Crippen molar-refractivity contribution < 1.29 is 35.2 Å². The van der Waals surface area contributed by atoms with Gasteiger partial charge in [-0.1, -0.05) is 29.8 Å². The Morgan fingerprint density at radius 2 is 1.55 bits per heavy atom. The van der Waals surface area contributed by atoms with Crippen LogP contribution in [0.2, 0.25) is 0 Å². The molecule has 0 aromatic heterocycles. The minimum atomic E-state index is -4.82. The number of carbonyl (C=O) groups is 2. The van der Waals surface area contributed by atoms with Crippen LogP contribution in [-0.2, 0) is 20.4 Å². The Morgan fingerprint density at radius 1 is 0.909 bits per heavy atom. The van der Waals surface area contributed by atoms with Gasteiger partial charge < -0.3 is 4.18 Å². The molecule has 0 bridgehead atoms. The van der Waals surface area contributed by atoms with Crippen LogP contribution in [0.15, 0.2) is 59.5 Å². The molecule has 2 amide bonds. The first-order valence-corrected chi connectivity index (χ1v) is 12.5. The predicted octanol–water partition coefficient (Wildman–Crippen LogP) is 1.90. The molecule has 172 valence electrons. The van der Waals surface area contributed by atoms with E-state index in [9.17, 15) is 26.4 Å². The van der Waals surface area contributed by atoms with E-state index in [1.54, 1.807) is 12.1 Å². The van der Waals surface area contributed by atoms with Crippen molar-refractivity contribution in [2.75, 3.05) is 13.1 Å². The van der Waals surface area contributed by atoms with E-state index in [2.05, 4.69) is 8.91 Å². The van der Waals surface area contributed by atoms with Crippen LogP contribution in [0.3, 0.4) is 0 Å². The van der Waals surface area contributed by atoms with Gasteiger partial charge in [0.15, 0.2) is 5.75 Å². The molecule has 0 radical (unpaired) electrons. The summed E-state index contributed by atoms with van der Waals surface area (Å²) in [6.45, 7) is 1.40. The van der Waals surface area contributed by atoms with Crippen LogP contribution in [0.4, 0.5) is 0 Å². The lowest BCUT2D eigenvalue weighted by molar-refractivity contribution is 0.0613. The van der Waals surface area contributed by atoms with Gasteiger partial charge in [-0.3, -0.25) is 19.0 Å². The van der Waals surface area contributed by atoms with E-state index in [1.165, 1.54) is 42.5 Å². The molecule has 0 atom stereocenters. The quantitative estimate of drug-likeness (QED) is 0.377. The number of hydrogen-bond acceptors (Lipinski definition) is 7. The van der Waals surface area contributed by atoms with Crippen LogP contribution in [0.5, 0.6) is 5.75 Å². The summed E-state index contributed by atoms with van der Waals surface area (Å²) in [4.78, 5) is 27.0. The molecule has 1 aliphatic rings. The molecule has 1 aliphatic heterocycles. The number of imide groups is 1. The molecular formula is C21H18N2O8S2. The Kier molecular flexibility index (Phi) is 5.70. The average Bonchev–Trinajstić information content (AvgIpc) is 2.74. The lowest BCUT2D eigenvalue weighted by Gasteiger charge is -2.27. The fraction of sp³-hybridized carbons (Fsp3) is 0.143. The van der Waals surface area contributed by atoms with Crippen molar-refractivity contribution in [1.29, 1.82) is 0 Å². The molecule has 0 saturated heterocycles. The molecule has 0 spiro atoms. The monoisotopic (exact) mass is 490 g/mol. The van der Waals surface area contributed by atoms with Crippen LogP contribution >= 0.6 is 0 Å². The zero-order valence-corrected chi connectivity index (χ0v) is 18.8. The Balaban J connectivity index is 1.59. The van der Waals surface area contributed by atoms with Gasteiger partial charge >= 0.3 is 10.4 Å². The topological polar surface area (TPSA) is 147 Å². The largest absolute Gasteiger partial charge is 0.446 e. The number of sulfonamides is 1. The average molecular weight is 491 g/mol. The second-order valence-electron chi connectivity index (χ2n) is 7.32. The maximum Gasteiger partial charge on any atom is 0.446 e. The zero-order chi connectivity index (χ0) is 24.0. The van der Waals surface area contributed by atoms with E-state index in [1.807, 2.05) is 6.92 Å². The molecule has 0 fully saturated rings. The summed E-state index contributed by atoms with van der Waals surface area (Å²) in [5.41, 5.74) is 1.13. The normalized spacial score (nSPS) is 14.1. The number of nitrogens with zero attached hydrogens (tertiary/aromatic N) is 1. The van der Waals surface area contributed by atoms with E-state index in [4.69, 9.17) is 4.55 Å². The Bertz CT molecular complexity index is 1480. The maximum atomic E-state index is 13.0. The first-order valence-electron chi connectivity index (χ1n) is 9.63. The lowest BCUT2D eigenvalue weighted by Crippen LogP contribution is -2.44. The smallest absolute Gasteiger partial charge is 0.361 e. The molecule has 3 aromatic carbocycles. The summed E-state index contributed by atoms with van der Waals surface area (Å²) in [6, 6.07) is 13.1. The molecule has 10 nitrogen and oxygen atoms in total. The van der Waals surface area contributed by atoms with E-state index in [-0.39, 0.29) is 45.6 Å². The van der Waals surface area contributed by atoms with Crippen LogP contribution in [0, 0.1) is 6.92 Å². The predicted molar refractivity (Wildman–Crippen MR) is 118 cm³/mol. The van der Waals surface area contributed by atoms with Crippen molar-refractivity contribution in [2.45, 2.75) is 11.8 Å². The summed E-state index contributed by atoms with van der Waals surface area (Å²) in [5.74, 6) is -1.58. The van der Waals surface area contributed by atoms with Gasteiger partial charge in [0.2, 0.25) is 10.0 Å². The fourth-order valence-corrected chi connectivity index (χ4v) is 4.99. The Labute approximate surface area is 189 Å². The maximum absolute atomic E-state index is 13.0. The van der Waals surface area contributed by atoms with Crippen LogP contribution in [0.25, 0.3) is 10.8 Å². The summed E-state index contributed by atoms with van der Waals surface area (Å²) in [7, 11) is -8.65. The second kappa shape index (κ2) is 8.23. The van der Waals surface area contributed by atoms with Crippen molar-refractivity contribution in [1.82, 2.24) is 9.62 Å². The summed E-state index contributed by atoms with van der Waals surface area (Å²) in [6.07, 6.45) is 0. The van der Waals surface area contributed by atoms with Crippen LogP contribution in [0.1, 0.15) is 26.3 Å². The Hall–Kier alpha value is -3.32. The third-order valence-electron chi connectivity index (χ3n) is 5.11. The van der Waals surface area contributed by atoms with Gasteiger partial charge in [-0.15, -0.1) is 0 Å². The van der Waals surface area contributed by atoms with E-state index in [0.717, 1.165) is 10.5 Å². The van der Waals surface area contributed by atoms with Gasteiger partial charge in [-0.2, -0.15) is 8.42 Å². The Morgan fingerprint density at radius 3 is 2.18 bits per heavy atom. The minimum absolute atomic E-state index is 0.0610. The SMILES string of the molecule is Cc1ccc(S(=O)(=O)NCCN2C(=O)c3cccc4c(OS(=O)(=O)O)ccc(c34)C2=O)cc1.